The predicted octanol–water partition coefficient (Wildman–Crippen LogP) is 2.53. The van der Waals surface area contributed by atoms with Gasteiger partial charge in [0.1, 0.15) is 5.82 Å². The number of H-pyrrole nitrogens is 1. The van der Waals surface area contributed by atoms with Gasteiger partial charge in [0.25, 0.3) is 5.56 Å². The van der Waals surface area contributed by atoms with Crippen molar-refractivity contribution in [1.29, 1.82) is 0 Å². The summed E-state index contributed by atoms with van der Waals surface area (Å²) in [7, 11) is 0. The molecule has 1 atom stereocenters. The van der Waals surface area contributed by atoms with Gasteiger partial charge in [0, 0.05) is 18.4 Å². The van der Waals surface area contributed by atoms with Gasteiger partial charge in [0.15, 0.2) is 0 Å². The molecule has 2 fully saturated rings. The van der Waals surface area contributed by atoms with Gasteiger partial charge in [0.2, 0.25) is 5.91 Å². The number of rotatable bonds is 7. The van der Waals surface area contributed by atoms with Crippen LogP contribution in [0.15, 0.2) is 41.2 Å². The number of hydrogen-bond donors (Lipinski definition) is 2. The average molecular weight is 380 g/mol. The fraction of sp³-hybridized carbons (Fsp3) is 0.500. The predicted molar refractivity (Wildman–Crippen MR) is 108 cm³/mol. The molecule has 0 radical (unpaired) electrons. The second-order valence-corrected chi connectivity index (χ2v) is 7.97. The molecule has 6 nitrogen and oxygen atoms in total. The van der Waals surface area contributed by atoms with Crippen molar-refractivity contribution in [3.05, 3.63) is 63.8 Å². The molecule has 148 valence electrons. The molecule has 0 unspecified atom stereocenters. The molecule has 0 bridgehead atoms. The van der Waals surface area contributed by atoms with Crippen LogP contribution in [0.5, 0.6) is 0 Å². The van der Waals surface area contributed by atoms with Crippen molar-refractivity contribution >= 4 is 5.91 Å². The van der Waals surface area contributed by atoms with Gasteiger partial charge in [-0.15, -0.1) is 0 Å². The van der Waals surface area contributed by atoms with E-state index in [4.69, 9.17) is 0 Å². The normalized spacial score (nSPS) is 18.6. The van der Waals surface area contributed by atoms with Crippen molar-refractivity contribution in [2.45, 2.75) is 50.5 Å². The summed E-state index contributed by atoms with van der Waals surface area (Å²) in [6.07, 6.45) is 6.26. The largest absolute Gasteiger partial charge is 0.348 e. The molecule has 2 aliphatic rings. The van der Waals surface area contributed by atoms with E-state index in [0.29, 0.717) is 18.9 Å². The lowest BCUT2D eigenvalue weighted by molar-refractivity contribution is -0.123. The fourth-order valence-corrected chi connectivity index (χ4v) is 3.89. The van der Waals surface area contributed by atoms with Gasteiger partial charge in [-0.1, -0.05) is 36.8 Å². The molecule has 1 amide bonds. The summed E-state index contributed by atoms with van der Waals surface area (Å²) in [6, 6.07) is 11.3. The number of aromatic amines is 1. The van der Waals surface area contributed by atoms with E-state index in [0.717, 1.165) is 55.9 Å². The second kappa shape index (κ2) is 8.69. The number of nitrogens with one attached hydrogen (secondary N) is 2. The van der Waals surface area contributed by atoms with E-state index in [1.54, 1.807) is 6.07 Å². The van der Waals surface area contributed by atoms with Crippen LogP contribution >= 0.6 is 0 Å². The monoisotopic (exact) mass is 380 g/mol. The topological polar surface area (TPSA) is 78.1 Å². The van der Waals surface area contributed by atoms with Gasteiger partial charge < -0.3 is 10.3 Å². The molecule has 6 heteroatoms. The first kappa shape index (κ1) is 18.9. The number of carbonyl (C=O) groups excluding carboxylic acids is 1. The molecule has 2 heterocycles. The van der Waals surface area contributed by atoms with Crippen molar-refractivity contribution in [2.24, 2.45) is 0 Å². The number of piperidine rings is 1. The maximum absolute atomic E-state index is 12.7. The summed E-state index contributed by atoms with van der Waals surface area (Å²) in [4.78, 5) is 34.5. The third-order valence-corrected chi connectivity index (χ3v) is 5.54. The van der Waals surface area contributed by atoms with Crippen molar-refractivity contribution in [1.82, 2.24) is 20.2 Å². The van der Waals surface area contributed by atoms with Crippen molar-refractivity contribution in [2.75, 3.05) is 19.6 Å². The Balaban J connectivity index is 1.49. The molecule has 1 aliphatic carbocycles. The number of aromatic nitrogens is 2. The van der Waals surface area contributed by atoms with E-state index in [1.807, 2.05) is 30.3 Å². The number of amides is 1. The van der Waals surface area contributed by atoms with Crippen LogP contribution in [0.2, 0.25) is 0 Å². The Morgan fingerprint density at radius 1 is 1.18 bits per heavy atom. The maximum atomic E-state index is 12.7. The summed E-state index contributed by atoms with van der Waals surface area (Å²) in [5.74, 6) is 1.20. The van der Waals surface area contributed by atoms with Crippen molar-refractivity contribution in [3.63, 3.8) is 0 Å². The van der Waals surface area contributed by atoms with E-state index in [2.05, 4.69) is 20.2 Å². The molecule has 28 heavy (non-hydrogen) atoms. The van der Waals surface area contributed by atoms with Crippen LogP contribution in [0, 0.1) is 0 Å². The zero-order chi connectivity index (χ0) is 19.3. The highest BCUT2D eigenvalue weighted by molar-refractivity contribution is 5.78. The minimum Gasteiger partial charge on any atom is -0.348 e. The van der Waals surface area contributed by atoms with Gasteiger partial charge in [-0.3, -0.25) is 14.5 Å². The van der Waals surface area contributed by atoms with Gasteiger partial charge in [-0.05, 0) is 44.3 Å². The lowest BCUT2D eigenvalue weighted by Crippen LogP contribution is -2.41. The molecule has 1 aliphatic heterocycles. The highest BCUT2D eigenvalue weighted by Crippen LogP contribution is 2.37. The number of benzene rings is 1. The first-order valence-corrected chi connectivity index (χ1v) is 10.3. The van der Waals surface area contributed by atoms with E-state index < -0.39 is 0 Å². The summed E-state index contributed by atoms with van der Waals surface area (Å²) >= 11 is 0. The molecule has 0 spiro atoms. The van der Waals surface area contributed by atoms with E-state index in [1.165, 1.54) is 6.42 Å². The Hall–Kier alpha value is -2.47. The van der Waals surface area contributed by atoms with E-state index in [-0.39, 0.29) is 17.5 Å². The smallest absolute Gasteiger partial charge is 0.251 e. The van der Waals surface area contributed by atoms with Crippen LogP contribution in [0.4, 0.5) is 0 Å². The standard InChI is InChI=1S/C22H28N4O2/c27-20-14-18(23-22(25-20)17-9-10-17)13-19(16-7-3-1-4-8-16)24-21(28)15-26-11-5-2-6-12-26/h1,3-4,7-8,14,17,19H,2,5-6,9-13,15H2,(H,24,28)(H,23,25,27)/t19-/m0/s1. The minimum atomic E-state index is -0.195. The molecule has 1 saturated heterocycles. The molecular weight excluding hydrogens is 352 g/mol. The van der Waals surface area contributed by atoms with Gasteiger partial charge in [-0.2, -0.15) is 0 Å². The first-order valence-electron chi connectivity index (χ1n) is 10.3. The Bertz CT molecular complexity index is 854. The summed E-state index contributed by atoms with van der Waals surface area (Å²) in [5.41, 5.74) is 1.65. The Morgan fingerprint density at radius 2 is 1.93 bits per heavy atom. The van der Waals surface area contributed by atoms with Gasteiger partial charge in [0.05, 0.1) is 18.3 Å². The quantitative estimate of drug-likeness (QED) is 0.774. The molecule has 2 N–H and O–H groups in total. The third-order valence-electron chi connectivity index (χ3n) is 5.54. The molecule has 4 rings (SSSR count). The zero-order valence-corrected chi connectivity index (χ0v) is 16.2. The fourth-order valence-electron chi connectivity index (χ4n) is 3.89. The number of carbonyl (C=O) groups is 1. The van der Waals surface area contributed by atoms with Gasteiger partial charge >= 0.3 is 0 Å². The lowest BCUT2D eigenvalue weighted by atomic mass is 10.0. The summed E-state index contributed by atoms with van der Waals surface area (Å²) < 4.78 is 0. The zero-order valence-electron chi connectivity index (χ0n) is 16.2. The van der Waals surface area contributed by atoms with Crippen LogP contribution < -0.4 is 10.9 Å². The maximum Gasteiger partial charge on any atom is 0.251 e. The van der Waals surface area contributed by atoms with Crippen molar-refractivity contribution in [3.8, 4) is 0 Å². The average Bonchev–Trinajstić information content (AvgIpc) is 3.54. The SMILES string of the molecule is O=C(CN1CCCCC1)N[C@@H](Cc1cc(=O)[nH]c(C2CC2)n1)c1ccccc1. The molecule has 1 saturated carbocycles. The van der Waals surface area contributed by atoms with Crippen molar-refractivity contribution < 1.29 is 4.79 Å². The number of hydrogen-bond acceptors (Lipinski definition) is 4. The molecule has 1 aromatic heterocycles. The highest BCUT2D eigenvalue weighted by atomic mass is 16.2. The molecule has 1 aromatic carbocycles. The number of likely N-dealkylation sites (tertiary alicyclic amines) is 1. The van der Waals surface area contributed by atoms with Gasteiger partial charge in [-0.25, -0.2) is 4.98 Å². The molecular formula is C22H28N4O2. The second-order valence-electron chi connectivity index (χ2n) is 7.97. The molecule has 2 aromatic rings. The Labute approximate surface area is 165 Å². The van der Waals surface area contributed by atoms with Crippen LogP contribution in [-0.2, 0) is 11.2 Å². The van der Waals surface area contributed by atoms with E-state index in [9.17, 15) is 9.59 Å². The number of nitrogens with zero attached hydrogens (tertiary/aromatic N) is 2. The van der Waals surface area contributed by atoms with Crippen LogP contribution in [0.1, 0.15) is 61.1 Å². The lowest BCUT2D eigenvalue weighted by Gasteiger charge is -2.27. The van der Waals surface area contributed by atoms with Crippen LogP contribution in [0.3, 0.4) is 0 Å². The third kappa shape index (κ3) is 5.07. The van der Waals surface area contributed by atoms with Crippen LogP contribution in [-0.4, -0.2) is 40.4 Å². The summed E-state index contributed by atoms with van der Waals surface area (Å²) in [5, 5.41) is 3.18. The van der Waals surface area contributed by atoms with E-state index >= 15 is 0 Å². The highest BCUT2D eigenvalue weighted by Gasteiger charge is 2.27. The summed E-state index contributed by atoms with van der Waals surface area (Å²) in [6.45, 7) is 2.41. The Morgan fingerprint density at radius 3 is 2.64 bits per heavy atom. The Kier molecular flexibility index (Phi) is 5.86. The minimum absolute atomic E-state index is 0.0306. The van der Waals surface area contributed by atoms with Crippen LogP contribution in [0.25, 0.3) is 0 Å². The first-order chi connectivity index (χ1) is 13.7.